The standard InChI is InChI=1S/C47H65F2N11O2/c1-29-24-58(45-50-21-33(22-51-45)43(62)53-44-46(3,4)28-47(44,5)6)17-10-32(29)26-56-15-11-35(12-16-56)60-39-13-18-57(30(2)61)27-38(39)42(54-60)59-14-8-9-31-19-36(34-23-52-55(7)25-34)37(41(48)49)20-40(31)59/h19-22,25,29,32,35,41,44,52H,8-18,23-24,26-28H2,1-7H3,(H,53,62). The predicted molar refractivity (Wildman–Crippen MR) is 237 cm³/mol. The highest BCUT2D eigenvalue weighted by Gasteiger charge is 2.53. The molecule has 9 rings (SSSR count). The van der Waals surface area contributed by atoms with Crippen LogP contribution in [0.3, 0.4) is 0 Å². The van der Waals surface area contributed by atoms with Crippen LogP contribution in [0.1, 0.15) is 124 Å². The van der Waals surface area contributed by atoms with Crippen LogP contribution in [-0.2, 0) is 24.2 Å². The molecule has 3 aromatic rings. The molecule has 2 unspecified atom stereocenters. The number of hydrogen-bond donors (Lipinski definition) is 2. The molecule has 15 heteroatoms. The van der Waals surface area contributed by atoms with Gasteiger partial charge in [0.05, 0.1) is 18.2 Å². The fourth-order valence-corrected chi connectivity index (χ4v) is 12.1. The molecule has 1 aliphatic carbocycles. The minimum Gasteiger partial charge on any atom is -0.348 e. The quantitative estimate of drug-likeness (QED) is 0.240. The van der Waals surface area contributed by atoms with Gasteiger partial charge >= 0.3 is 0 Å². The third-order valence-corrected chi connectivity index (χ3v) is 15.0. The summed E-state index contributed by atoms with van der Waals surface area (Å²) in [6.07, 6.45) is 9.15. The van der Waals surface area contributed by atoms with Gasteiger partial charge < -0.3 is 29.9 Å². The number of aromatic nitrogens is 4. The molecule has 1 aromatic carbocycles. The first-order valence-corrected chi connectivity index (χ1v) is 22.9. The number of alkyl halides is 2. The second-order valence-electron chi connectivity index (χ2n) is 20.4. The van der Waals surface area contributed by atoms with E-state index in [9.17, 15) is 18.4 Å². The number of halogens is 2. The number of carbonyl (C=O) groups excluding carboxylic acids is 2. The molecular weight excluding hydrogens is 789 g/mol. The van der Waals surface area contributed by atoms with E-state index in [1.165, 1.54) is 5.69 Å². The molecule has 0 bridgehead atoms. The summed E-state index contributed by atoms with van der Waals surface area (Å²) in [4.78, 5) is 44.1. The number of anilines is 3. The van der Waals surface area contributed by atoms with Crippen molar-refractivity contribution < 1.29 is 18.4 Å². The van der Waals surface area contributed by atoms with E-state index in [0.29, 0.717) is 55.1 Å². The first-order chi connectivity index (χ1) is 29.6. The first-order valence-electron chi connectivity index (χ1n) is 22.9. The molecule has 6 aliphatic rings. The lowest BCUT2D eigenvalue weighted by molar-refractivity contribution is -0.129. The average molecular weight is 854 g/mol. The number of fused-ring (bicyclic) bond motifs is 2. The molecule has 3 fully saturated rings. The van der Waals surface area contributed by atoms with Crippen LogP contribution in [0.15, 0.2) is 30.7 Å². The third kappa shape index (κ3) is 8.08. The van der Waals surface area contributed by atoms with E-state index in [-0.39, 0.29) is 40.3 Å². The number of nitrogens with one attached hydrogen (secondary N) is 2. The summed E-state index contributed by atoms with van der Waals surface area (Å²) >= 11 is 0. The van der Waals surface area contributed by atoms with E-state index < -0.39 is 6.43 Å². The Morgan fingerprint density at radius 3 is 2.37 bits per heavy atom. The van der Waals surface area contributed by atoms with Gasteiger partial charge in [-0.2, -0.15) is 5.10 Å². The topological polar surface area (TPSA) is 118 Å². The van der Waals surface area contributed by atoms with Crippen molar-refractivity contribution in [2.75, 3.05) is 69.2 Å². The number of aryl methyl sites for hydroxylation is 1. The lowest BCUT2D eigenvalue weighted by atomic mass is 9.52. The Hall–Kier alpha value is -4.63. The molecule has 0 radical (unpaired) electrons. The van der Waals surface area contributed by atoms with Gasteiger partial charge in [0.1, 0.15) is 0 Å². The second-order valence-corrected chi connectivity index (χ2v) is 20.4. The molecular formula is C47H65F2N11O2. The Morgan fingerprint density at radius 2 is 1.73 bits per heavy atom. The Kier molecular flexibility index (Phi) is 11.3. The van der Waals surface area contributed by atoms with Gasteiger partial charge in [0.25, 0.3) is 12.3 Å². The Bertz CT molecular complexity index is 2200. The maximum atomic E-state index is 14.8. The molecule has 2 amide bonds. The van der Waals surface area contributed by atoms with Gasteiger partial charge in [-0.15, -0.1) is 0 Å². The summed E-state index contributed by atoms with van der Waals surface area (Å²) in [5, 5.41) is 10.4. The van der Waals surface area contributed by atoms with Crippen molar-refractivity contribution in [1.29, 1.82) is 0 Å². The number of nitrogens with zero attached hydrogens (tertiary/aromatic N) is 9. The summed E-state index contributed by atoms with van der Waals surface area (Å²) in [7, 11) is 1.88. The zero-order chi connectivity index (χ0) is 43.7. The minimum atomic E-state index is -2.61. The van der Waals surface area contributed by atoms with Crippen LogP contribution in [0.25, 0.3) is 5.57 Å². The summed E-state index contributed by atoms with van der Waals surface area (Å²) in [6, 6.07) is 4.03. The highest BCUT2D eigenvalue weighted by Crippen LogP contribution is 2.53. The molecule has 2 saturated heterocycles. The number of carbonyl (C=O) groups is 2. The van der Waals surface area contributed by atoms with Crippen molar-refractivity contribution in [3.8, 4) is 0 Å². The third-order valence-electron chi connectivity index (χ3n) is 15.0. The Balaban J connectivity index is 0.854. The number of rotatable bonds is 9. The van der Waals surface area contributed by atoms with Gasteiger partial charge in [-0.1, -0.05) is 34.6 Å². The van der Waals surface area contributed by atoms with Gasteiger partial charge in [0.15, 0.2) is 5.82 Å². The molecule has 2 atom stereocenters. The zero-order valence-corrected chi connectivity index (χ0v) is 37.7. The Morgan fingerprint density at radius 1 is 0.984 bits per heavy atom. The van der Waals surface area contributed by atoms with Gasteiger partial charge in [-0.25, -0.2) is 24.2 Å². The molecule has 7 heterocycles. The van der Waals surface area contributed by atoms with Crippen molar-refractivity contribution in [2.24, 2.45) is 22.7 Å². The maximum absolute atomic E-state index is 14.8. The number of hydrogen-bond acceptors (Lipinski definition) is 10. The van der Waals surface area contributed by atoms with Crippen molar-refractivity contribution in [1.82, 2.24) is 45.3 Å². The largest absolute Gasteiger partial charge is 0.348 e. The van der Waals surface area contributed by atoms with E-state index in [0.717, 1.165) is 106 Å². The highest BCUT2D eigenvalue weighted by molar-refractivity contribution is 5.94. The van der Waals surface area contributed by atoms with Crippen LogP contribution in [-0.4, -0.2) is 112 Å². The van der Waals surface area contributed by atoms with Gasteiger partial charge in [-0.05, 0) is 90.0 Å². The van der Waals surface area contributed by atoms with Gasteiger partial charge in [0, 0.05) is 120 Å². The van der Waals surface area contributed by atoms with E-state index in [1.54, 1.807) is 25.4 Å². The normalized spacial score (nSPS) is 24.2. The monoisotopic (exact) mass is 854 g/mol. The predicted octanol–water partition coefficient (Wildman–Crippen LogP) is 6.74. The SMILES string of the molecule is CC(=O)N1CCc2c(c(N3CCCc4cc(C5=CN(C)NC5)c(C(F)F)cc43)nn2C2CCN(CC3CCN(c4ncc(C(=O)NC5C(C)(C)CC5(C)C)cn4)CC3C)CC2)C1. The summed E-state index contributed by atoms with van der Waals surface area (Å²) in [5.74, 6) is 2.45. The molecule has 334 valence electrons. The lowest BCUT2D eigenvalue weighted by Crippen LogP contribution is -2.63. The van der Waals surface area contributed by atoms with E-state index in [4.69, 9.17) is 5.10 Å². The fourth-order valence-electron chi connectivity index (χ4n) is 12.1. The van der Waals surface area contributed by atoms with Crippen molar-refractivity contribution in [3.05, 3.63) is 64.2 Å². The summed E-state index contributed by atoms with van der Waals surface area (Å²) in [6.45, 7) is 19.9. The maximum Gasteiger partial charge on any atom is 0.264 e. The zero-order valence-electron chi connectivity index (χ0n) is 37.7. The smallest absolute Gasteiger partial charge is 0.264 e. The van der Waals surface area contributed by atoms with Gasteiger partial charge in [0.2, 0.25) is 11.9 Å². The van der Waals surface area contributed by atoms with Crippen LogP contribution in [0, 0.1) is 22.7 Å². The fraction of sp³-hybridized carbons (Fsp3) is 0.638. The van der Waals surface area contributed by atoms with E-state index in [1.807, 2.05) is 29.2 Å². The van der Waals surface area contributed by atoms with Crippen molar-refractivity contribution in [2.45, 2.75) is 112 Å². The van der Waals surface area contributed by atoms with Crippen LogP contribution in [0.2, 0.25) is 0 Å². The van der Waals surface area contributed by atoms with Crippen molar-refractivity contribution in [3.63, 3.8) is 0 Å². The first kappa shape index (κ1) is 42.7. The van der Waals surface area contributed by atoms with Gasteiger partial charge in [-0.3, -0.25) is 14.3 Å². The summed E-state index contributed by atoms with van der Waals surface area (Å²) < 4.78 is 31.8. The molecule has 2 N–H and O–H groups in total. The number of benzene rings is 1. The van der Waals surface area contributed by atoms with Crippen LogP contribution >= 0.6 is 0 Å². The van der Waals surface area contributed by atoms with E-state index in [2.05, 4.69) is 74.7 Å². The van der Waals surface area contributed by atoms with E-state index >= 15 is 0 Å². The number of piperidine rings is 2. The molecule has 13 nitrogen and oxygen atoms in total. The van der Waals surface area contributed by atoms with Crippen molar-refractivity contribution >= 4 is 34.8 Å². The van der Waals surface area contributed by atoms with Crippen LogP contribution < -0.4 is 20.5 Å². The average Bonchev–Trinajstić information content (AvgIpc) is 3.86. The molecule has 5 aliphatic heterocycles. The Labute approximate surface area is 365 Å². The number of hydrazine groups is 1. The highest BCUT2D eigenvalue weighted by atomic mass is 19.3. The molecule has 62 heavy (non-hydrogen) atoms. The molecule has 2 aromatic heterocycles. The second kappa shape index (κ2) is 16.5. The summed E-state index contributed by atoms with van der Waals surface area (Å²) in [5.41, 5.74) is 9.47. The number of amides is 2. The minimum absolute atomic E-state index is 0.0391. The lowest BCUT2D eigenvalue weighted by Gasteiger charge is -2.57. The van der Waals surface area contributed by atoms with Crippen LogP contribution in [0.4, 0.5) is 26.2 Å². The van der Waals surface area contributed by atoms with Crippen LogP contribution in [0.5, 0.6) is 0 Å². The number of likely N-dealkylation sites (tertiary alicyclic amines) is 1. The molecule has 1 saturated carbocycles. The molecule has 0 spiro atoms.